The molecule has 1 unspecified atom stereocenters. The van der Waals surface area contributed by atoms with Gasteiger partial charge >= 0.3 is 0 Å². The van der Waals surface area contributed by atoms with E-state index < -0.39 is 5.82 Å². The summed E-state index contributed by atoms with van der Waals surface area (Å²) in [6.45, 7) is 1.80. The standard InChI is InChI=1S/C15H15ClFNO2/c1-9(11-8-10(20-2)6-7-14(11)19)18-15-12(16)4-3-5-13(15)17/h3-9,18-19H,1-2H3. The summed E-state index contributed by atoms with van der Waals surface area (Å²) in [7, 11) is 1.54. The molecule has 3 nitrogen and oxygen atoms in total. The molecule has 0 amide bonds. The van der Waals surface area contributed by atoms with Crippen LogP contribution in [-0.2, 0) is 0 Å². The van der Waals surface area contributed by atoms with Crippen LogP contribution in [0.1, 0.15) is 18.5 Å². The maximum atomic E-state index is 13.7. The van der Waals surface area contributed by atoms with Crippen LogP contribution in [0.15, 0.2) is 36.4 Å². The second-order valence-electron chi connectivity index (χ2n) is 4.39. The van der Waals surface area contributed by atoms with E-state index in [9.17, 15) is 9.50 Å². The fraction of sp³-hybridized carbons (Fsp3) is 0.200. The lowest BCUT2D eigenvalue weighted by Crippen LogP contribution is -2.09. The van der Waals surface area contributed by atoms with Crippen molar-refractivity contribution in [2.45, 2.75) is 13.0 Å². The summed E-state index contributed by atoms with van der Waals surface area (Å²) in [5.41, 5.74) is 0.813. The predicted molar refractivity (Wildman–Crippen MR) is 78.1 cm³/mol. The molecule has 2 N–H and O–H groups in total. The smallest absolute Gasteiger partial charge is 0.147 e. The molecule has 0 aliphatic carbocycles. The van der Waals surface area contributed by atoms with Gasteiger partial charge in [-0.3, -0.25) is 0 Å². The van der Waals surface area contributed by atoms with Gasteiger partial charge in [-0.2, -0.15) is 0 Å². The molecule has 0 fully saturated rings. The molecule has 0 saturated carbocycles. The van der Waals surface area contributed by atoms with Gasteiger partial charge in [-0.25, -0.2) is 4.39 Å². The molecule has 0 aromatic heterocycles. The number of hydrogen-bond donors (Lipinski definition) is 2. The van der Waals surface area contributed by atoms with Gasteiger partial charge in [-0.05, 0) is 37.3 Å². The van der Waals surface area contributed by atoms with Gasteiger partial charge in [0.2, 0.25) is 0 Å². The molecule has 1 atom stereocenters. The van der Waals surface area contributed by atoms with Gasteiger partial charge in [-0.1, -0.05) is 17.7 Å². The van der Waals surface area contributed by atoms with E-state index in [1.807, 2.05) is 0 Å². The Hall–Kier alpha value is -1.94. The Balaban J connectivity index is 2.30. The summed E-state index contributed by atoms with van der Waals surface area (Å²) in [5, 5.41) is 13.2. The lowest BCUT2D eigenvalue weighted by molar-refractivity contribution is 0.410. The second-order valence-corrected chi connectivity index (χ2v) is 4.79. The molecule has 0 bridgehead atoms. The quantitative estimate of drug-likeness (QED) is 0.880. The third kappa shape index (κ3) is 2.96. The topological polar surface area (TPSA) is 41.5 Å². The van der Waals surface area contributed by atoms with Crippen LogP contribution in [0, 0.1) is 5.82 Å². The molecule has 0 radical (unpaired) electrons. The van der Waals surface area contributed by atoms with Crippen LogP contribution in [0.2, 0.25) is 5.02 Å². The molecule has 2 rings (SSSR count). The van der Waals surface area contributed by atoms with Crippen LogP contribution in [0.4, 0.5) is 10.1 Å². The van der Waals surface area contributed by atoms with Crippen molar-refractivity contribution in [3.63, 3.8) is 0 Å². The van der Waals surface area contributed by atoms with Crippen molar-refractivity contribution in [3.8, 4) is 11.5 Å². The number of para-hydroxylation sites is 1. The van der Waals surface area contributed by atoms with Crippen molar-refractivity contribution in [1.29, 1.82) is 0 Å². The van der Waals surface area contributed by atoms with Gasteiger partial charge in [0.05, 0.1) is 23.9 Å². The molecule has 0 heterocycles. The zero-order valence-corrected chi connectivity index (χ0v) is 11.9. The average Bonchev–Trinajstić information content (AvgIpc) is 2.43. The van der Waals surface area contributed by atoms with Crippen LogP contribution >= 0.6 is 11.6 Å². The number of aromatic hydroxyl groups is 1. The molecular weight excluding hydrogens is 281 g/mol. The van der Waals surface area contributed by atoms with E-state index in [1.165, 1.54) is 18.2 Å². The van der Waals surface area contributed by atoms with E-state index in [4.69, 9.17) is 16.3 Å². The number of halogens is 2. The number of methoxy groups -OCH3 is 1. The molecule has 20 heavy (non-hydrogen) atoms. The molecule has 0 saturated heterocycles. The second kappa shape index (κ2) is 6.01. The minimum atomic E-state index is -0.438. The van der Waals surface area contributed by atoms with Gasteiger partial charge in [-0.15, -0.1) is 0 Å². The van der Waals surface area contributed by atoms with Crippen LogP contribution in [0.5, 0.6) is 11.5 Å². The highest BCUT2D eigenvalue weighted by Gasteiger charge is 2.15. The largest absolute Gasteiger partial charge is 0.508 e. The monoisotopic (exact) mass is 295 g/mol. The molecule has 106 valence electrons. The first-order valence-electron chi connectivity index (χ1n) is 6.10. The maximum absolute atomic E-state index is 13.7. The van der Waals surface area contributed by atoms with Gasteiger partial charge in [0.15, 0.2) is 0 Å². The van der Waals surface area contributed by atoms with E-state index in [2.05, 4.69) is 5.32 Å². The number of nitrogens with one attached hydrogen (secondary N) is 1. The first-order valence-corrected chi connectivity index (χ1v) is 6.48. The van der Waals surface area contributed by atoms with Crippen LogP contribution in [0.25, 0.3) is 0 Å². The minimum Gasteiger partial charge on any atom is -0.508 e. The van der Waals surface area contributed by atoms with Crippen molar-refractivity contribution < 1.29 is 14.2 Å². The number of rotatable bonds is 4. The van der Waals surface area contributed by atoms with E-state index in [-0.39, 0.29) is 17.5 Å². The Morgan fingerprint density at radius 2 is 2.05 bits per heavy atom. The van der Waals surface area contributed by atoms with E-state index in [1.54, 1.807) is 32.2 Å². The van der Waals surface area contributed by atoms with Crippen LogP contribution in [-0.4, -0.2) is 12.2 Å². The van der Waals surface area contributed by atoms with Gasteiger partial charge in [0, 0.05) is 5.56 Å². The first kappa shape index (κ1) is 14.5. The number of hydrogen-bond acceptors (Lipinski definition) is 3. The summed E-state index contributed by atoms with van der Waals surface area (Å²) in [6.07, 6.45) is 0. The molecule has 0 aliphatic heterocycles. The fourth-order valence-electron chi connectivity index (χ4n) is 1.94. The van der Waals surface area contributed by atoms with Gasteiger partial charge in [0.1, 0.15) is 17.3 Å². The summed E-state index contributed by atoms with van der Waals surface area (Å²) in [4.78, 5) is 0. The van der Waals surface area contributed by atoms with Crippen molar-refractivity contribution in [3.05, 3.63) is 52.8 Å². The maximum Gasteiger partial charge on any atom is 0.147 e. The van der Waals surface area contributed by atoms with Crippen molar-refractivity contribution in [2.24, 2.45) is 0 Å². The highest BCUT2D eigenvalue weighted by atomic mass is 35.5. The minimum absolute atomic E-state index is 0.110. The van der Waals surface area contributed by atoms with Gasteiger partial charge in [0.25, 0.3) is 0 Å². The summed E-state index contributed by atoms with van der Waals surface area (Å²) >= 11 is 5.97. The summed E-state index contributed by atoms with van der Waals surface area (Å²) in [6, 6.07) is 9.02. The SMILES string of the molecule is COc1ccc(O)c(C(C)Nc2c(F)cccc2Cl)c1. The lowest BCUT2D eigenvalue weighted by atomic mass is 10.1. The Labute approximate surface area is 122 Å². The average molecular weight is 296 g/mol. The van der Waals surface area contributed by atoms with E-state index in [0.29, 0.717) is 16.3 Å². The zero-order chi connectivity index (χ0) is 14.7. The number of anilines is 1. The predicted octanol–water partition coefficient (Wildman–Crippen LogP) is 4.37. The Morgan fingerprint density at radius 3 is 2.70 bits per heavy atom. The Morgan fingerprint density at radius 1 is 1.30 bits per heavy atom. The highest BCUT2D eigenvalue weighted by Crippen LogP contribution is 2.33. The van der Waals surface area contributed by atoms with Gasteiger partial charge < -0.3 is 15.2 Å². The molecule has 2 aromatic rings. The summed E-state index contributed by atoms with van der Waals surface area (Å²) < 4.78 is 18.9. The summed E-state index contributed by atoms with van der Waals surface area (Å²) in [5.74, 6) is 0.288. The fourth-order valence-corrected chi connectivity index (χ4v) is 2.15. The number of phenols is 1. The van der Waals surface area contributed by atoms with E-state index in [0.717, 1.165) is 0 Å². The molecular formula is C15H15ClFNO2. The molecule has 5 heteroatoms. The van der Waals surface area contributed by atoms with Crippen molar-refractivity contribution in [2.75, 3.05) is 12.4 Å². The third-order valence-corrected chi connectivity index (χ3v) is 3.34. The zero-order valence-electron chi connectivity index (χ0n) is 11.2. The number of benzene rings is 2. The van der Waals surface area contributed by atoms with Crippen molar-refractivity contribution >= 4 is 17.3 Å². The highest BCUT2D eigenvalue weighted by molar-refractivity contribution is 6.33. The van der Waals surface area contributed by atoms with E-state index >= 15 is 0 Å². The van der Waals surface area contributed by atoms with Crippen LogP contribution < -0.4 is 10.1 Å². The van der Waals surface area contributed by atoms with Crippen molar-refractivity contribution in [1.82, 2.24) is 0 Å². The first-order chi connectivity index (χ1) is 9.52. The lowest BCUT2D eigenvalue weighted by Gasteiger charge is -2.19. The Bertz CT molecular complexity index is 599. The third-order valence-electron chi connectivity index (χ3n) is 3.02. The Kier molecular flexibility index (Phi) is 4.35. The van der Waals surface area contributed by atoms with Crippen LogP contribution in [0.3, 0.4) is 0 Å². The molecule has 2 aromatic carbocycles. The molecule has 0 spiro atoms. The normalized spacial score (nSPS) is 12.0. The number of phenolic OH excluding ortho intramolecular Hbond substituents is 1. The molecule has 0 aliphatic rings. The number of ether oxygens (including phenoxy) is 1.